The average molecular weight is 342 g/mol. The molecule has 0 fully saturated rings. The van der Waals surface area contributed by atoms with Crippen LogP contribution in [0.4, 0.5) is 0 Å². The van der Waals surface area contributed by atoms with Gasteiger partial charge in [-0.25, -0.2) is 9.97 Å². The molecular formula is C18H22N4OS. The van der Waals surface area contributed by atoms with Gasteiger partial charge in [0.2, 0.25) is 5.95 Å². The molecule has 0 radical (unpaired) electrons. The van der Waals surface area contributed by atoms with Gasteiger partial charge in [0.1, 0.15) is 0 Å². The van der Waals surface area contributed by atoms with E-state index in [1.807, 2.05) is 22.9 Å². The largest absolute Gasteiger partial charge is 0.395 e. The molecule has 0 bridgehead atoms. The molecule has 0 aromatic carbocycles. The van der Waals surface area contributed by atoms with E-state index in [1.165, 1.54) is 5.56 Å². The van der Waals surface area contributed by atoms with E-state index in [2.05, 4.69) is 44.7 Å². The summed E-state index contributed by atoms with van der Waals surface area (Å²) in [5, 5.41) is 14.0. The van der Waals surface area contributed by atoms with Crippen LogP contribution in [-0.2, 0) is 13.1 Å². The van der Waals surface area contributed by atoms with E-state index in [0.29, 0.717) is 5.95 Å². The molecule has 0 saturated carbocycles. The smallest absolute Gasteiger partial charge is 0.233 e. The van der Waals surface area contributed by atoms with Crippen molar-refractivity contribution in [3.63, 3.8) is 0 Å². The average Bonchev–Trinajstić information content (AvgIpc) is 3.28. The summed E-state index contributed by atoms with van der Waals surface area (Å²) in [6.45, 7) is 3.83. The van der Waals surface area contributed by atoms with E-state index in [1.54, 1.807) is 23.7 Å². The Labute approximate surface area is 146 Å². The van der Waals surface area contributed by atoms with Crippen LogP contribution in [0, 0.1) is 0 Å². The minimum atomic E-state index is 0.130. The number of rotatable bonds is 8. The summed E-state index contributed by atoms with van der Waals surface area (Å²) in [5.74, 6) is 0.671. The van der Waals surface area contributed by atoms with Crippen molar-refractivity contribution >= 4 is 11.3 Å². The van der Waals surface area contributed by atoms with Crippen LogP contribution in [0.3, 0.4) is 0 Å². The lowest BCUT2D eigenvalue weighted by atomic mass is 10.1. The van der Waals surface area contributed by atoms with Gasteiger partial charge in [-0.05, 0) is 47.0 Å². The van der Waals surface area contributed by atoms with Gasteiger partial charge < -0.3 is 5.11 Å². The number of thiophene rings is 1. The minimum absolute atomic E-state index is 0.130. The zero-order valence-corrected chi connectivity index (χ0v) is 14.6. The minimum Gasteiger partial charge on any atom is -0.395 e. The quantitative estimate of drug-likeness (QED) is 0.683. The van der Waals surface area contributed by atoms with E-state index < -0.39 is 0 Å². The van der Waals surface area contributed by atoms with Gasteiger partial charge in [0.15, 0.2) is 0 Å². The standard InChI is InChI=1S/C18H22N4OS/c1-2-16(13-23)21(11-15-6-10-24-14-15)12-17-5-3-9-22(17)18-19-7-4-8-20-18/h3-10,14,16,23H,2,11-13H2,1H3. The second kappa shape index (κ2) is 8.19. The highest BCUT2D eigenvalue weighted by atomic mass is 32.1. The normalized spacial score (nSPS) is 12.6. The summed E-state index contributed by atoms with van der Waals surface area (Å²) < 4.78 is 2.00. The summed E-state index contributed by atoms with van der Waals surface area (Å²) >= 11 is 1.70. The van der Waals surface area contributed by atoms with E-state index in [0.717, 1.165) is 25.2 Å². The Morgan fingerprint density at radius 1 is 1.21 bits per heavy atom. The fourth-order valence-corrected chi connectivity index (χ4v) is 3.46. The first-order valence-electron chi connectivity index (χ1n) is 8.11. The Hall–Kier alpha value is -2.02. The summed E-state index contributed by atoms with van der Waals surface area (Å²) in [4.78, 5) is 11.0. The third-order valence-corrected chi connectivity index (χ3v) is 4.86. The molecular weight excluding hydrogens is 320 g/mol. The number of aliphatic hydroxyl groups excluding tert-OH is 1. The Kier molecular flexibility index (Phi) is 5.74. The maximum atomic E-state index is 9.77. The summed E-state index contributed by atoms with van der Waals surface area (Å²) in [5.41, 5.74) is 2.39. The molecule has 0 aliphatic rings. The number of hydrogen-bond donors (Lipinski definition) is 1. The van der Waals surface area contributed by atoms with Gasteiger partial charge >= 0.3 is 0 Å². The molecule has 0 aliphatic heterocycles. The first kappa shape index (κ1) is 16.8. The molecule has 0 amide bonds. The molecule has 1 N–H and O–H groups in total. The van der Waals surface area contributed by atoms with Crippen molar-refractivity contribution in [2.24, 2.45) is 0 Å². The molecule has 6 heteroatoms. The van der Waals surface area contributed by atoms with Gasteiger partial charge in [-0.2, -0.15) is 11.3 Å². The SMILES string of the molecule is CCC(CO)N(Cc1ccsc1)Cc1cccn1-c1ncccn1. The van der Waals surface area contributed by atoms with Crippen molar-refractivity contribution < 1.29 is 5.11 Å². The highest BCUT2D eigenvalue weighted by Crippen LogP contribution is 2.18. The van der Waals surface area contributed by atoms with E-state index in [9.17, 15) is 5.11 Å². The second-order valence-corrected chi connectivity index (χ2v) is 6.48. The zero-order valence-electron chi connectivity index (χ0n) is 13.7. The van der Waals surface area contributed by atoms with E-state index in [4.69, 9.17) is 0 Å². The maximum absolute atomic E-state index is 9.77. The molecule has 0 saturated heterocycles. The fourth-order valence-electron chi connectivity index (χ4n) is 2.80. The van der Waals surface area contributed by atoms with Crippen LogP contribution in [0.5, 0.6) is 0 Å². The molecule has 126 valence electrons. The molecule has 1 unspecified atom stereocenters. The van der Waals surface area contributed by atoms with Crippen LogP contribution < -0.4 is 0 Å². The molecule has 5 nitrogen and oxygen atoms in total. The first-order valence-corrected chi connectivity index (χ1v) is 9.05. The molecule has 0 aliphatic carbocycles. The lowest BCUT2D eigenvalue weighted by molar-refractivity contribution is 0.105. The highest BCUT2D eigenvalue weighted by molar-refractivity contribution is 7.07. The number of nitrogens with zero attached hydrogens (tertiary/aromatic N) is 4. The Bertz CT molecular complexity index is 723. The maximum Gasteiger partial charge on any atom is 0.233 e. The number of aliphatic hydroxyl groups is 1. The molecule has 3 heterocycles. The fraction of sp³-hybridized carbons (Fsp3) is 0.333. The van der Waals surface area contributed by atoms with Crippen LogP contribution in [-0.4, -0.2) is 37.2 Å². The van der Waals surface area contributed by atoms with Crippen molar-refractivity contribution in [2.45, 2.75) is 32.5 Å². The zero-order chi connectivity index (χ0) is 16.8. The lowest BCUT2D eigenvalue weighted by Crippen LogP contribution is -2.37. The van der Waals surface area contributed by atoms with Gasteiger partial charge in [-0.1, -0.05) is 6.92 Å². The van der Waals surface area contributed by atoms with Crippen LogP contribution in [0.1, 0.15) is 24.6 Å². The third-order valence-electron chi connectivity index (χ3n) is 4.13. The van der Waals surface area contributed by atoms with Crippen LogP contribution >= 0.6 is 11.3 Å². The van der Waals surface area contributed by atoms with Crippen LogP contribution in [0.15, 0.2) is 53.6 Å². The van der Waals surface area contributed by atoms with Gasteiger partial charge in [0.25, 0.3) is 0 Å². The number of hydrogen-bond acceptors (Lipinski definition) is 5. The Balaban J connectivity index is 1.84. The Morgan fingerprint density at radius 2 is 2.04 bits per heavy atom. The summed E-state index contributed by atoms with van der Waals surface area (Å²) in [6.07, 6.45) is 6.38. The van der Waals surface area contributed by atoms with Crippen LogP contribution in [0.25, 0.3) is 5.95 Å². The highest BCUT2D eigenvalue weighted by Gasteiger charge is 2.19. The van der Waals surface area contributed by atoms with E-state index >= 15 is 0 Å². The van der Waals surface area contributed by atoms with Gasteiger partial charge in [-0.15, -0.1) is 0 Å². The van der Waals surface area contributed by atoms with Crippen molar-refractivity contribution in [3.8, 4) is 5.95 Å². The van der Waals surface area contributed by atoms with Crippen LogP contribution in [0.2, 0.25) is 0 Å². The van der Waals surface area contributed by atoms with Crippen molar-refractivity contribution in [1.82, 2.24) is 19.4 Å². The molecule has 3 aromatic rings. The molecule has 24 heavy (non-hydrogen) atoms. The molecule has 3 rings (SSSR count). The Morgan fingerprint density at radius 3 is 2.71 bits per heavy atom. The molecule has 1 atom stereocenters. The third kappa shape index (κ3) is 3.90. The predicted molar refractivity (Wildman–Crippen MR) is 96.1 cm³/mol. The van der Waals surface area contributed by atoms with Gasteiger partial charge in [0, 0.05) is 43.4 Å². The van der Waals surface area contributed by atoms with Crippen molar-refractivity contribution in [3.05, 3.63) is 64.9 Å². The number of aromatic nitrogens is 3. The van der Waals surface area contributed by atoms with E-state index in [-0.39, 0.29) is 12.6 Å². The summed E-state index contributed by atoms with van der Waals surface area (Å²) in [6, 6.07) is 8.18. The first-order chi connectivity index (χ1) is 11.8. The molecule has 0 spiro atoms. The summed E-state index contributed by atoms with van der Waals surface area (Å²) in [7, 11) is 0. The van der Waals surface area contributed by atoms with Gasteiger partial charge in [-0.3, -0.25) is 9.47 Å². The van der Waals surface area contributed by atoms with Crippen molar-refractivity contribution in [2.75, 3.05) is 6.61 Å². The predicted octanol–water partition coefficient (Wildman–Crippen LogP) is 3.10. The topological polar surface area (TPSA) is 54.2 Å². The molecule has 3 aromatic heterocycles. The van der Waals surface area contributed by atoms with Gasteiger partial charge in [0.05, 0.1) is 6.61 Å². The lowest BCUT2D eigenvalue weighted by Gasteiger charge is -2.29. The van der Waals surface area contributed by atoms with Crippen molar-refractivity contribution in [1.29, 1.82) is 0 Å². The second-order valence-electron chi connectivity index (χ2n) is 5.70. The monoisotopic (exact) mass is 342 g/mol.